The molecule has 0 atom stereocenters. The van der Waals surface area contributed by atoms with Gasteiger partial charge in [0.1, 0.15) is 11.5 Å². The van der Waals surface area contributed by atoms with Crippen LogP contribution in [-0.2, 0) is 0 Å². The standard InChI is InChI=1S/C31H34FN7O2S/c1-6-18(2)23(14-20-17-38(4)12-13-39(20)5)34-26-15-24(36-37-30(26)40)21-9-10-22(32)29(19(21)3)35-31(41)28-16-25-27(42-28)8-7-11-33-25/h7-11,14-16H,6,12-13,17H2,1-5H3,(H,34,36)(H,35,41)(H,37,40)/b20-14-,23-18?. The molecule has 42 heavy (non-hydrogen) atoms. The minimum atomic E-state index is -0.566. The number of thiophene rings is 1. The first-order valence-electron chi connectivity index (χ1n) is 13.8. The number of nitrogens with zero attached hydrogens (tertiary/aromatic N) is 4. The van der Waals surface area contributed by atoms with Crippen molar-refractivity contribution in [1.29, 1.82) is 0 Å². The van der Waals surface area contributed by atoms with Crippen molar-refractivity contribution in [3.8, 4) is 11.3 Å². The summed E-state index contributed by atoms with van der Waals surface area (Å²) in [6.07, 6.45) is 4.56. The van der Waals surface area contributed by atoms with E-state index in [2.05, 4.69) is 62.7 Å². The molecule has 218 valence electrons. The zero-order valence-corrected chi connectivity index (χ0v) is 25.2. The predicted octanol–water partition coefficient (Wildman–Crippen LogP) is 5.60. The number of piperazine rings is 1. The van der Waals surface area contributed by atoms with Gasteiger partial charge in [0.2, 0.25) is 0 Å². The van der Waals surface area contributed by atoms with Gasteiger partial charge in [-0.05, 0) is 75.4 Å². The minimum Gasteiger partial charge on any atom is -0.375 e. The Labute approximate surface area is 247 Å². The molecule has 0 bridgehead atoms. The summed E-state index contributed by atoms with van der Waals surface area (Å²) in [5, 5.41) is 12.9. The van der Waals surface area contributed by atoms with Gasteiger partial charge in [0, 0.05) is 49.8 Å². The van der Waals surface area contributed by atoms with Crippen LogP contribution in [0.4, 0.5) is 15.8 Å². The van der Waals surface area contributed by atoms with Crippen LogP contribution in [0.2, 0.25) is 0 Å². The second kappa shape index (κ2) is 12.3. The Hall–Kier alpha value is -4.35. The quantitative estimate of drug-likeness (QED) is 0.258. The van der Waals surface area contributed by atoms with Gasteiger partial charge in [-0.3, -0.25) is 19.5 Å². The molecule has 3 N–H and O–H groups in total. The molecular weight excluding hydrogens is 553 g/mol. The highest BCUT2D eigenvalue weighted by Crippen LogP contribution is 2.32. The molecule has 1 fully saturated rings. The normalized spacial score (nSPS) is 15.7. The number of rotatable bonds is 7. The van der Waals surface area contributed by atoms with Crippen LogP contribution in [-0.4, -0.2) is 64.6 Å². The Morgan fingerprint density at radius 2 is 2.00 bits per heavy atom. The largest absolute Gasteiger partial charge is 0.375 e. The molecule has 1 saturated heterocycles. The lowest BCUT2D eigenvalue weighted by atomic mass is 10.0. The lowest BCUT2D eigenvalue weighted by Gasteiger charge is -2.34. The molecule has 0 saturated carbocycles. The van der Waals surface area contributed by atoms with E-state index in [0.717, 1.165) is 47.7 Å². The van der Waals surface area contributed by atoms with Crippen molar-refractivity contribution in [2.45, 2.75) is 27.2 Å². The summed E-state index contributed by atoms with van der Waals surface area (Å²) >= 11 is 1.29. The average Bonchev–Trinajstić information content (AvgIpc) is 3.42. The van der Waals surface area contributed by atoms with E-state index in [4.69, 9.17) is 0 Å². The summed E-state index contributed by atoms with van der Waals surface area (Å²) in [5.41, 5.74) is 5.30. The number of amides is 1. The summed E-state index contributed by atoms with van der Waals surface area (Å²) in [6, 6.07) is 9.92. The van der Waals surface area contributed by atoms with Crippen LogP contribution in [0.5, 0.6) is 0 Å². The monoisotopic (exact) mass is 587 g/mol. The van der Waals surface area contributed by atoms with Gasteiger partial charge in [-0.1, -0.05) is 12.5 Å². The first-order chi connectivity index (χ1) is 20.1. The van der Waals surface area contributed by atoms with E-state index in [0.29, 0.717) is 32.9 Å². The molecule has 0 unspecified atom stereocenters. The Balaban J connectivity index is 1.46. The molecular formula is C31H34FN7O2S. The third-order valence-corrected chi connectivity index (χ3v) is 8.64. The molecule has 1 amide bonds. The van der Waals surface area contributed by atoms with Gasteiger partial charge in [-0.2, -0.15) is 5.10 Å². The van der Waals surface area contributed by atoms with Crippen LogP contribution in [0.15, 0.2) is 70.4 Å². The Kier molecular flexibility index (Phi) is 8.51. The average molecular weight is 588 g/mol. The van der Waals surface area contributed by atoms with Crippen LogP contribution in [0.3, 0.4) is 0 Å². The Bertz CT molecular complexity index is 1740. The van der Waals surface area contributed by atoms with Crippen LogP contribution in [0, 0.1) is 12.7 Å². The topological polar surface area (TPSA) is 106 Å². The third kappa shape index (κ3) is 6.12. The molecule has 1 aromatic carbocycles. The summed E-state index contributed by atoms with van der Waals surface area (Å²) in [7, 11) is 4.16. The lowest BCUT2D eigenvalue weighted by molar-refractivity contribution is 0.103. The number of H-pyrrole nitrogens is 1. The zero-order chi connectivity index (χ0) is 30.0. The van der Waals surface area contributed by atoms with E-state index >= 15 is 4.39 Å². The molecule has 1 aliphatic rings. The fourth-order valence-corrected chi connectivity index (χ4v) is 5.68. The van der Waals surface area contributed by atoms with Crippen molar-refractivity contribution in [2.75, 3.05) is 44.4 Å². The van der Waals surface area contributed by atoms with E-state index in [1.165, 1.54) is 17.4 Å². The number of benzene rings is 1. The number of carbonyl (C=O) groups excluding carboxylic acids is 1. The van der Waals surface area contributed by atoms with Crippen molar-refractivity contribution < 1.29 is 9.18 Å². The van der Waals surface area contributed by atoms with Gasteiger partial charge >= 0.3 is 0 Å². The maximum absolute atomic E-state index is 15.0. The van der Waals surface area contributed by atoms with Crippen LogP contribution in [0.25, 0.3) is 21.5 Å². The summed E-state index contributed by atoms with van der Waals surface area (Å²) in [6.45, 7) is 8.53. The fraction of sp³-hybridized carbons (Fsp3) is 0.290. The zero-order valence-electron chi connectivity index (χ0n) is 24.3. The summed E-state index contributed by atoms with van der Waals surface area (Å²) in [5.74, 6) is -0.992. The van der Waals surface area contributed by atoms with E-state index < -0.39 is 11.7 Å². The van der Waals surface area contributed by atoms with Gasteiger partial charge in [-0.25, -0.2) is 9.49 Å². The van der Waals surface area contributed by atoms with E-state index in [-0.39, 0.29) is 11.2 Å². The van der Waals surface area contributed by atoms with Crippen molar-refractivity contribution in [3.05, 3.63) is 92.2 Å². The predicted molar refractivity (Wildman–Crippen MR) is 167 cm³/mol. The number of likely N-dealkylation sites (N-methyl/N-ethyl adjacent to an activating group) is 2. The fourth-order valence-electron chi connectivity index (χ4n) is 4.77. The van der Waals surface area contributed by atoms with Gasteiger partial charge in [0.15, 0.2) is 0 Å². The van der Waals surface area contributed by atoms with Crippen molar-refractivity contribution >= 4 is 38.8 Å². The van der Waals surface area contributed by atoms with Gasteiger partial charge in [0.05, 0.1) is 26.5 Å². The number of pyridine rings is 1. The number of allylic oxidation sites excluding steroid dienone is 2. The summed E-state index contributed by atoms with van der Waals surface area (Å²) < 4.78 is 15.9. The SMILES string of the molecule is CCC(C)=C(/C=C1/CN(C)CCN1C)Nc1cc(-c2ccc(F)c(NC(=O)c3cc4ncccc4s3)c2C)n[nH]c1=O. The highest BCUT2D eigenvalue weighted by atomic mass is 32.1. The van der Waals surface area contributed by atoms with Crippen molar-refractivity contribution in [3.63, 3.8) is 0 Å². The maximum Gasteiger partial charge on any atom is 0.287 e. The molecule has 11 heteroatoms. The van der Waals surface area contributed by atoms with E-state index in [1.807, 2.05) is 13.0 Å². The van der Waals surface area contributed by atoms with Crippen LogP contribution < -0.4 is 16.2 Å². The molecule has 0 aliphatic carbocycles. The van der Waals surface area contributed by atoms with Gasteiger partial charge < -0.3 is 15.5 Å². The van der Waals surface area contributed by atoms with E-state index in [9.17, 15) is 9.59 Å². The molecule has 9 nitrogen and oxygen atoms in total. The molecule has 1 aliphatic heterocycles. The number of carbonyl (C=O) groups is 1. The molecule has 3 aromatic heterocycles. The number of anilines is 2. The number of halogens is 1. The molecule has 0 radical (unpaired) electrons. The van der Waals surface area contributed by atoms with E-state index in [1.54, 1.807) is 37.4 Å². The molecule has 5 rings (SSSR count). The maximum atomic E-state index is 15.0. The second-order valence-corrected chi connectivity index (χ2v) is 11.6. The highest BCUT2D eigenvalue weighted by molar-refractivity contribution is 7.20. The van der Waals surface area contributed by atoms with Crippen LogP contribution >= 0.6 is 11.3 Å². The number of fused-ring (bicyclic) bond motifs is 1. The van der Waals surface area contributed by atoms with Crippen molar-refractivity contribution in [2.24, 2.45) is 0 Å². The number of aromatic amines is 1. The molecule has 4 aromatic rings. The lowest BCUT2D eigenvalue weighted by Crippen LogP contribution is -2.40. The smallest absolute Gasteiger partial charge is 0.287 e. The molecule has 4 heterocycles. The highest BCUT2D eigenvalue weighted by Gasteiger charge is 2.20. The third-order valence-electron chi connectivity index (χ3n) is 7.55. The molecule has 0 spiro atoms. The minimum absolute atomic E-state index is 0.0574. The first kappa shape index (κ1) is 29.2. The Morgan fingerprint density at radius 1 is 1.19 bits per heavy atom. The first-order valence-corrected chi connectivity index (χ1v) is 14.6. The van der Waals surface area contributed by atoms with Crippen LogP contribution in [0.1, 0.15) is 35.5 Å². The Morgan fingerprint density at radius 3 is 2.76 bits per heavy atom. The second-order valence-electron chi connectivity index (χ2n) is 10.5. The summed E-state index contributed by atoms with van der Waals surface area (Å²) in [4.78, 5) is 35.1. The van der Waals surface area contributed by atoms with Crippen molar-refractivity contribution in [1.82, 2.24) is 25.0 Å². The number of aromatic nitrogens is 3. The number of hydrogen-bond donors (Lipinski definition) is 3. The van der Waals surface area contributed by atoms with Gasteiger partial charge in [0.25, 0.3) is 11.5 Å². The van der Waals surface area contributed by atoms with Gasteiger partial charge in [-0.15, -0.1) is 11.3 Å². The number of nitrogens with one attached hydrogen (secondary N) is 3. The number of hydrogen-bond acceptors (Lipinski definition) is 8.